The summed E-state index contributed by atoms with van der Waals surface area (Å²) in [6, 6.07) is 9.95. The highest BCUT2D eigenvalue weighted by Crippen LogP contribution is 2.18. The average molecular weight is 317 g/mol. The molecule has 1 aromatic rings. The molecule has 0 bridgehead atoms. The third-order valence-electron chi connectivity index (χ3n) is 4.01. The quantitative estimate of drug-likeness (QED) is 0.819. The number of hydrogen-bond acceptors (Lipinski definition) is 3. The van der Waals surface area contributed by atoms with Crippen molar-refractivity contribution in [2.24, 2.45) is 5.92 Å². The Morgan fingerprint density at radius 3 is 2.61 bits per heavy atom. The molecular weight excluding hydrogens is 294 g/mol. The maximum atomic E-state index is 12.1. The van der Waals surface area contributed by atoms with E-state index in [0.717, 1.165) is 6.42 Å². The molecule has 1 saturated heterocycles. The number of hydrogen-bond donors (Lipinski definition) is 1. The zero-order valence-electron chi connectivity index (χ0n) is 13.6. The summed E-state index contributed by atoms with van der Waals surface area (Å²) in [6.45, 7) is 1.01. The van der Waals surface area contributed by atoms with Crippen LogP contribution in [0.1, 0.15) is 12.0 Å². The van der Waals surface area contributed by atoms with Crippen LogP contribution >= 0.6 is 0 Å². The number of nitrogens with one attached hydrogen (secondary N) is 1. The number of amides is 3. The Morgan fingerprint density at radius 1 is 1.26 bits per heavy atom. The highest BCUT2D eigenvalue weighted by atomic mass is 16.2. The van der Waals surface area contributed by atoms with Gasteiger partial charge in [-0.1, -0.05) is 30.3 Å². The molecule has 0 saturated carbocycles. The lowest BCUT2D eigenvalue weighted by atomic mass is 10.1. The van der Waals surface area contributed by atoms with Gasteiger partial charge in [0.2, 0.25) is 17.7 Å². The lowest BCUT2D eigenvalue weighted by Crippen LogP contribution is -2.40. The van der Waals surface area contributed by atoms with Crippen molar-refractivity contribution in [1.29, 1.82) is 0 Å². The summed E-state index contributed by atoms with van der Waals surface area (Å²) < 4.78 is 0. The van der Waals surface area contributed by atoms with Crippen LogP contribution < -0.4 is 5.32 Å². The lowest BCUT2D eigenvalue weighted by Gasteiger charge is -2.17. The summed E-state index contributed by atoms with van der Waals surface area (Å²) in [5.41, 5.74) is 1.17. The average Bonchev–Trinajstić information content (AvgIpc) is 2.92. The summed E-state index contributed by atoms with van der Waals surface area (Å²) >= 11 is 0. The van der Waals surface area contributed by atoms with Gasteiger partial charge in [-0.3, -0.25) is 14.4 Å². The second-order valence-electron chi connectivity index (χ2n) is 5.98. The van der Waals surface area contributed by atoms with Crippen LogP contribution in [0.3, 0.4) is 0 Å². The zero-order chi connectivity index (χ0) is 16.8. The molecule has 0 unspecified atom stereocenters. The molecule has 1 aliphatic rings. The molecule has 1 aliphatic heterocycles. The van der Waals surface area contributed by atoms with Crippen LogP contribution in [0.2, 0.25) is 0 Å². The van der Waals surface area contributed by atoms with E-state index < -0.39 is 0 Å². The van der Waals surface area contributed by atoms with E-state index in [-0.39, 0.29) is 36.6 Å². The van der Waals surface area contributed by atoms with Crippen LogP contribution in [-0.4, -0.2) is 61.3 Å². The molecule has 6 heteroatoms. The number of carbonyl (C=O) groups is 3. The fourth-order valence-corrected chi connectivity index (χ4v) is 2.54. The number of carbonyl (C=O) groups excluding carboxylic acids is 3. The van der Waals surface area contributed by atoms with E-state index in [1.165, 1.54) is 10.5 Å². The number of rotatable bonds is 6. The van der Waals surface area contributed by atoms with Crippen LogP contribution in [0, 0.1) is 5.92 Å². The predicted molar refractivity (Wildman–Crippen MR) is 86.5 cm³/mol. The number of nitrogens with zero attached hydrogens (tertiary/aromatic N) is 2. The third-order valence-corrected chi connectivity index (χ3v) is 4.01. The van der Waals surface area contributed by atoms with Crippen LogP contribution in [0.5, 0.6) is 0 Å². The van der Waals surface area contributed by atoms with Crippen molar-refractivity contribution in [2.75, 3.05) is 33.7 Å². The van der Waals surface area contributed by atoms with Gasteiger partial charge in [0.25, 0.3) is 0 Å². The van der Waals surface area contributed by atoms with Crippen LogP contribution in [0.4, 0.5) is 0 Å². The van der Waals surface area contributed by atoms with E-state index in [4.69, 9.17) is 0 Å². The molecular formula is C17H23N3O3. The monoisotopic (exact) mass is 317 g/mol. The molecule has 0 spiro atoms. The molecule has 23 heavy (non-hydrogen) atoms. The van der Waals surface area contributed by atoms with Crippen LogP contribution in [0.25, 0.3) is 0 Å². The van der Waals surface area contributed by atoms with Gasteiger partial charge >= 0.3 is 0 Å². The smallest absolute Gasteiger partial charge is 0.241 e. The fraction of sp³-hybridized carbons (Fsp3) is 0.471. The highest BCUT2D eigenvalue weighted by molar-refractivity contribution is 5.91. The third kappa shape index (κ3) is 4.81. The zero-order valence-corrected chi connectivity index (χ0v) is 13.6. The van der Waals surface area contributed by atoms with Gasteiger partial charge in [0, 0.05) is 33.6 Å². The molecule has 0 aromatic heterocycles. The standard InChI is InChI=1S/C17H23N3O3/c1-19(2)16(22)11-18-17(23)14-10-15(21)20(12-14)9-8-13-6-4-3-5-7-13/h3-7,14H,8-12H2,1-2H3,(H,18,23)/t14-/m0/s1. The minimum absolute atomic E-state index is 0.0000160. The van der Waals surface area contributed by atoms with Crippen LogP contribution in [0.15, 0.2) is 30.3 Å². The Morgan fingerprint density at radius 2 is 1.96 bits per heavy atom. The Hall–Kier alpha value is -2.37. The van der Waals surface area contributed by atoms with Gasteiger partial charge in [-0.2, -0.15) is 0 Å². The molecule has 3 amide bonds. The maximum Gasteiger partial charge on any atom is 0.241 e. The lowest BCUT2D eigenvalue weighted by molar-refractivity contribution is -0.132. The van der Waals surface area contributed by atoms with Gasteiger partial charge < -0.3 is 15.1 Å². The summed E-state index contributed by atoms with van der Waals surface area (Å²) in [5.74, 6) is -0.757. The maximum absolute atomic E-state index is 12.1. The molecule has 0 aliphatic carbocycles. The molecule has 1 heterocycles. The number of likely N-dealkylation sites (tertiary alicyclic amines) is 1. The van der Waals surface area contributed by atoms with E-state index in [0.29, 0.717) is 13.1 Å². The Balaban J connectivity index is 1.80. The van der Waals surface area contributed by atoms with Gasteiger partial charge in [0.05, 0.1) is 12.5 Å². The Labute approximate surface area is 136 Å². The van der Waals surface area contributed by atoms with Gasteiger partial charge in [-0.25, -0.2) is 0 Å². The van der Waals surface area contributed by atoms with Crippen LogP contribution in [-0.2, 0) is 20.8 Å². The molecule has 6 nitrogen and oxygen atoms in total. The second kappa shape index (κ2) is 7.76. The summed E-state index contributed by atoms with van der Waals surface area (Å²) in [4.78, 5) is 38.7. The van der Waals surface area contributed by atoms with Gasteiger partial charge in [-0.15, -0.1) is 0 Å². The topological polar surface area (TPSA) is 69.7 Å². The first kappa shape index (κ1) is 17.0. The molecule has 124 valence electrons. The largest absolute Gasteiger partial charge is 0.347 e. The molecule has 0 radical (unpaired) electrons. The number of benzene rings is 1. The highest BCUT2D eigenvalue weighted by Gasteiger charge is 2.34. The van der Waals surface area contributed by atoms with Crippen molar-refractivity contribution < 1.29 is 14.4 Å². The molecule has 1 aromatic carbocycles. The van der Waals surface area contributed by atoms with Crippen molar-refractivity contribution in [3.63, 3.8) is 0 Å². The van der Waals surface area contributed by atoms with E-state index >= 15 is 0 Å². The number of likely N-dealkylation sites (N-methyl/N-ethyl adjacent to an activating group) is 1. The SMILES string of the molecule is CN(C)C(=O)CNC(=O)[C@H]1CC(=O)N(CCc2ccccc2)C1. The first-order chi connectivity index (χ1) is 11.0. The molecule has 1 atom stereocenters. The van der Waals surface area contributed by atoms with Crippen molar-refractivity contribution >= 4 is 17.7 Å². The fourth-order valence-electron chi connectivity index (χ4n) is 2.54. The van der Waals surface area contributed by atoms with E-state index in [9.17, 15) is 14.4 Å². The molecule has 2 rings (SSSR count). The van der Waals surface area contributed by atoms with Crippen molar-refractivity contribution in [3.8, 4) is 0 Å². The predicted octanol–water partition coefficient (Wildman–Crippen LogP) is 0.282. The Bertz CT molecular complexity index is 572. The van der Waals surface area contributed by atoms with Gasteiger partial charge in [0.1, 0.15) is 0 Å². The summed E-state index contributed by atoms with van der Waals surface area (Å²) in [5, 5.41) is 2.61. The Kier molecular flexibility index (Phi) is 5.73. The normalized spacial score (nSPS) is 17.2. The molecule has 1 fully saturated rings. The van der Waals surface area contributed by atoms with E-state index in [2.05, 4.69) is 5.32 Å². The first-order valence-corrected chi connectivity index (χ1v) is 7.77. The minimum Gasteiger partial charge on any atom is -0.347 e. The van der Waals surface area contributed by atoms with Crippen molar-refractivity contribution in [3.05, 3.63) is 35.9 Å². The van der Waals surface area contributed by atoms with E-state index in [1.54, 1.807) is 19.0 Å². The van der Waals surface area contributed by atoms with E-state index in [1.807, 2.05) is 30.3 Å². The summed E-state index contributed by atoms with van der Waals surface area (Å²) in [7, 11) is 3.28. The van der Waals surface area contributed by atoms with Gasteiger partial charge in [-0.05, 0) is 12.0 Å². The second-order valence-corrected chi connectivity index (χ2v) is 5.98. The summed E-state index contributed by atoms with van der Waals surface area (Å²) in [6.07, 6.45) is 0.997. The van der Waals surface area contributed by atoms with Gasteiger partial charge in [0.15, 0.2) is 0 Å². The first-order valence-electron chi connectivity index (χ1n) is 7.77. The molecule has 1 N–H and O–H groups in total. The van der Waals surface area contributed by atoms with Crippen molar-refractivity contribution in [1.82, 2.24) is 15.1 Å². The minimum atomic E-state index is -0.367. The van der Waals surface area contributed by atoms with Crippen molar-refractivity contribution in [2.45, 2.75) is 12.8 Å².